The van der Waals surface area contributed by atoms with Crippen molar-refractivity contribution in [2.24, 2.45) is 0 Å². The fourth-order valence-electron chi connectivity index (χ4n) is 1.21. The Hall–Kier alpha value is -2.20. The summed E-state index contributed by atoms with van der Waals surface area (Å²) < 4.78 is 62.1. The summed E-state index contributed by atoms with van der Waals surface area (Å²) in [5, 5.41) is 0. The number of nitrogen functional groups attached to an aromatic ring is 1. The van der Waals surface area contributed by atoms with E-state index in [1.165, 1.54) is 0 Å². The normalized spacial score (nSPS) is 13.2. The summed E-state index contributed by atoms with van der Waals surface area (Å²) >= 11 is 0. The zero-order valence-corrected chi connectivity index (χ0v) is 8.27. The number of imidazole rings is 1. The molecule has 0 atom stereocenters. The van der Waals surface area contributed by atoms with Crippen LogP contribution in [0.3, 0.4) is 0 Å². The number of anilines is 1. The molecule has 18 heavy (non-hydrogen) atoms. The number of H-pyrrole nitrogens is 2. The van der Waals surface area contributed by atoms with Crippen molar-refractivity contribution in [1.82, 2.24) is 19.9 Å². The minimum Gasteiger partial charge on any atom is -0.369 e. The van der Waals surface area contributed by atoms with E-state index in [2.05, 4.69) is 9.97 Å². The number of hydrogen-bond acceptors (Lipinski definition) is 4. The molecule has 0 aromatic carbocycles. The first-order valence-electron chi connectivity index (χ1n) is 4.33. The number of aromatic amines is 2. The van der Waals surface area contributed by atoms with Gasteiger partial charge in [-0.25, -0.2) is 4.98 Å². The second-order valence-corrected chi connectivity index (χ2v) is 3.31. The van der Waals surface area contributed by atoms with Crippen LogP contribution in [0.1, 0.15) is 5.82 Å². The average Bonchev–Trinajstić information content (AvgIpc) is 2.59. The molecule has 4 N–H and O–H groups in total. The monoisotopic (exact) mass is 269 g/mol. The van der Waals surface area contributed by atoms with E-state index in [0.717, 1.165) is 0 Å². The summed E-state index contributed by atoms with van der Waals surface area (Å²) in [5.74, 6) is -7.37. The molecule has 0 unspecified atom stereocenters. The van der Waals surface area contributed by atoms with Crippen LogP contribution in [-0.4, -0.2) is 26.1 Å². The van der Waals surface area contributed by atoms with Crippen LogP contribution in [0, 0.1) is 0 Å². The summed E-state index contributed by atoms with van der Waals surface area (Å²) in [4.78, 5) is 21.0. The van der Waals surface area contributed by atoms with E-state index in [-0.39, 0.29) is 0 Å². The maximum atomic E-state index is 12.9. The zero-order valence-electron chi connectivity index (χ0n) is 8.27. The second-order valence-electron chi connectivity index (χ2n) is 3.31. The van der Waals surface area contributed by atoms with Crippen molar-refractivity contribution in [3.05, 3.63) is 16.2 Å². The molecule has 0 saturated heterocycles. The molecule has 2 heterocycles. The molecule has 6 nitrogen and oxygen atoms in total. The third-order valence-corrected chi connectivity index (χ3v) is 2.03. The predicted molar refractivity (Wildman–Crippen MR) is 48.9 cm³/mol. The number of nitrogens with two attached hydrogens (primary N) is 1. The van der Waals surface area contributed by atoms with Crippen LogP contribution < -0.4 is 11.3 Å². The van der Waals surface area contributed by atoms with E-state index in [1.807, 2.05) is 4.98 Å². The lowest BCUT2D eigenvalue weighted by atomic mass is 10.3. The van der Waals surface area contributed by atoms with Crippen molar-refractivity contribution < 1.29 is 22.0 Å². The van der Waals surface area contributed by atoms with Gasteiger partial charge in [-0.2, -0.15) is 26.9 Å². The van der Waals surface area contributed by atoms with E-state index in [9.17, 15) is 26.7 Å². The first kappa shape index (κ1) is 12.3. The van der Waals surface area contributed by atoms with Gasteiger partial charge in [0, 0.05) is 0 Å². The van der Waals surface area contributed by atoms with Gasteiger partial charge in [0.05, 0.1) is 0 Å². The van der Waals surface area contributed by atoms with Gasteiger partial charge in [0.2, 0.25) is 5.95 Å². The predicted octanol–water partition coefficient (Wildman–Crippen LogP) is 0.883. The Balaban J connectivity index is 2.69. The number of rotatable bonds is 1. The first-order valence-corrected chi connectivity index (χ1v) is 4.33. The van der Waals surface area contributed by atoms with Crippen molar-refractivity contribution in [1.29, 1.82) is 0 Å². The van der Waals surface area contributed by atoms with Crippen LogP contribution in [0.4, 0.5) is 27.9 Å². The Kier molecular flexibility index (Phi) is 2.31. The van der Waals surface area contributed by atoms with Gasteiger partial charge in [-0.3, -0.25) is 9.78 Å². The lowest BCUT2D eigenvalue weighted by Crippen LogP contribution is -2.34. The molecule has 0 fully saturated rings. The van der Waals surface area contributed by atoms with E-state index >= 15 is 0 Å². The lowest BCUT2D eigenvalue weighted by Gasteiger charge is -2.16. The van der Waals surface area contributed by atoms with E-state index < -0.39 is 40.6 Å². The van der Waals surface area contributed by atoms with Crippen LogP contribution in [0.5, 0.6) is 0 Å². The van der Waals surface area contributed by atoms with Gasteiger partial charge in [-0.15, -0.1) is 0 Å². The maximum absolute atomic E-state index is 12.9. The highest BCUT2D eigenvalue weighted by Gasteiger charge is 2.61. The molecule has 0 amide bonds. The van der Waals surface area contributed by atoms with Crippen molar-refractivity contribution >= 4 is 17.1 Å². The molecule has 0 aliphatic carbocycles. The largest absolute Gasteiger partial charge is 0.461 e. The van der Waals surface area contributed by atoms with Crippen LogP contribution in [0.15, 0.2) is 4.79 Å². The summed E-state index contributed by atoms with van der Waals surface area (Å²) in [7, 11) is 0. The highest BCUT2D eigenvalue weighted by atomic mass is 19.4. The molecule has 0 radical (unpaired) electrons. The molecule has 0 saturated carbocycles. The fraction of sp³-hybridized carbons (Fsp3) is 0.286. The number of fused-ring (bicyclic) bond motifs is 1. The molecule has 2 aromatic rings. The molecule has 2 aromatic heterocycles. The fourth-order valence-corrected chi connectivity index (χ4v) is 1.21. The summed E-state index contributed by atoms with van der Waals surface area (Å²) in [6.45, 7) is 0. The van der Waals surface area contributed by atoms with Gasteiger partial charge >= 0.3 is 12.1 Å². The highest BCUT2D eigenvalue weighted by Crippen LogP contribution is 2.42. The van der Waals surface area contributed by atoms with Gasteiger partial charge < -0.3 is 10.7 Å². The van der Waals surface area contributed by atoms with E-state index in [0.29, 0.717) is 0 Å². The number of aromatic nitrogens is 4. The number of alkyl halides is 5. The number of halogens is 5. The molecule has 0 aliphatic rings. The Morgan fingerprint density at radius 2 is 1.67 bits per heavy atom. The van der Waals surface area contributed by atoms with Crippen molar-refractivity contribution in [2.75, 3.05) is 5.73 Å². The molecule has 0 bridgehead atoms. The average molecular weight is 269 g/mol. The van der Waals surface area contributed by atoms with Crippen molar-refractivity contribution in [3.8, 4) is 0 Å². The first-order chi connectivity index (χ1) is 8.13. The third-order valence-electron chi connectivity index (χ3n) is 2.03. The minimum absolute atomic E-state index is 0.444. The Labute approximate surface area is 94.0 Å². The van der Waals surface area contributed by atoms with E-state index in [1.54, 1.807) is 4.98 Å². The van der Waals surface area contributed by atoms with Crippen molar-refractivity contribution in [3.63, 3.8) is 0 Å². The molecule has 0 spiro atoms. The minimum atomic E-state index is -5.83. The SMILES string of the molecule is Nc1nc2nc(C(F)(F)C(F)(F)F)[nH]c2c(=O)[nH]1. The van der Waals surface area contributed by atoms with Crippen LogP contribution in [0.2, 0.25) is 0 Å². The Bertz CT molecular complexity index is 656. The van der Waals surface area contributed by atoms with Crippen LogP contribution in [-0.2, 0) is 5.92 Å². The highest BCUT2D eigenvalue weighted by molar-refractivity contribution is 5.70. The van der Waals surface area contributed by atoms with Gasteiger partial charge in [0.25, 0.3) is 5.56 Å². The van der Waals surface area contributed by atoms with Crippen LogP contribution >= 0.6 is 0 Å². The number of hydrogen-bond donors (Lipinski definition) is 3. The summed E-state index contributed by atoms with van der Waals surface area (Å²) in [6, 6.07) is 0. The summed E-state index contributed by atoms with van der Waals surface area (Å²) in [5.41, 5.74) is 2.88. The Morgan fingerprint density at radius 3 is 2.22 bits per heavy atom. The topological polar surface area (TPSA) is 100 Å². The summed E-state index contributed by atoms with van der Waals surface area (Å²) in [6.07, 6.45) is -5.83. The lowest BCUT2D eigenvalue weighted by molar-refractivity contribution is -0.292. The van der Waals surface area contributed by atoms with E-state index in [4.69, 9.17) is 5.73 Å². The zero-order chi connectivity index (χ0) is 13.7. The standard InChI is InChI=1S/C7H4F5N5O/c8-6(9,7(10,11)12)4-14-1-2(15-4)16-5(13)17-3(1)18/h(H4,13,14,15,16,17,18). The van der Waals surface area contributed by atoms with Gasteiger partial charge in [-0.05, 0) is 0 Å². The van der Waals surface area contributed by atoms with Gasteiger partial charge in [-0.1, -0.05) is 0 Å². The molecule has 98 valence electrons. The molecule has 11 heteroatoms. The molecule has 2 rings (SSSR count). The maximum Gasteiger partial charge on any atom is 0.461 e. The third kappa shape index (κ3) is 1.67. The molecular formula is C7H4F5N5O. The second kappa shape index (κ2) is 3.40. The van der Waals surface area contributed by atoms with Gasteiger partial charge in [0.1, 0.15) is 0 Å². The smallest absolute Gasteiger partial charge is 0.369 e. The van der Waals surface area contributed by atoms with Crippen molar-refractivity contribution in [2.45, 2.75) is 12.1 Å². The molecule has 0 aliphatic heterocycles. The number of nitrogens with zero attached hydrogens (tertiary/aromatic N) is 2. The van der Waals surface area contributed by atoms with Gasteiger partial charge in [0.15, 0.2) is 17.0 Å². The quantitative estimate of drug-likeness (QED) is 0.669. The molecular weight excluding hydrogens is 265 g/mol. The number of nitrogens with one attached hydrogen (secondary N) is 2. The Morgan fingerprint density at radius 1 is 1.06 bits per heavy atom. The van der Waals surface area contributed by atoms with Crippen LogP contribution in [0.25, 0.3) is 11.2 Å².